The first-order valence-electron chi connectivity index (χ1n) is 8.72. The number of amides is 1. The Morgan fingerprint density at radius 3 is 2.43 bits per heavy atom. The predicted octanol–water partition coefficient (Wildman–Crippen LogP) is 4.49. The lowest BCUT2D eigenvalue weighted by Crippen LogP contribution is -2.15. The van der Waals surface area contributed by atoms with Gasteiger partial charge in [-0.2, -0.15) is 5.26 Å². The largest absolute Gasteiger partial charge is 0.493 e. The van der Waals surface area contributed by atoms with Gasteiger partial charge in [-0.25, -0.2) is 4.79 Å². The van der Waals surface area contributed by atoms with Crippen LogP contribution in [0.15, 0.2) is 42.0 Å². The molecule has 0 saturated carbocycles. The van der Waals surface area contributed by atoms with Crippen LogP contribution >= 0.6 is 23.2 Å². The molecular formula is C21H18Cl2N2O5. The molecule has 2 aromatic carbocycles. The van der Waals surface area contributed by atoms with E-state index < -0.39 is 11.9 Å². The highest BCUT2D eigenvalue weighted by Crippen LogP contribution is 2.29. The van der Waals surface area contributed by atoms with E-state index in [1.807, 2.05) is 6.07 Å². The van der Waals surface area contributed by atoms with Gasteiger partial charge in [-0.1, -0.05) is 29.3 Å². The van der Waals surface area contributed by atoms with Crippen LogP contribution in [0.4, 0.5) is 5.69 Å². The molecule has 0 aliphatic heterocycles. The molecule has 0 aliphatic rings. The third kappa shape index (κ3) is 6.69. The number of esters is 1. The molecule has 2 aromatic rings. The van der Waals surface area contributed by atoms with Crippen LogP contribution in [0.3, 0.4) is 0 Å². The molecule has 0 radical (unpaired) electrons. The van der Waals surface area contributed by atoms with Crippen LogP contribution in [0.2, 0.25) is 10.0 Å². The second kappa shape index (κ2) is 11.1. The summed E-state index contributed by atoms with van der Waals surface area (Å²) < 4.78 is 15.5. The van der Waals surface area contributed by atoms with Crippen molar-refractivity contribution in [3.63, 3.8) is 0 Å². The Labute approximate surface area is 183 Å². The Morgan fingerprint density at radius 1 is 1.13 bits per heavy atom. The number of benzene rings is 2. The number of nitrogens with one attached hydrogen (secondary N) is 1. The molecule has 1 amide bonds. The number of ether oxygens (including phenoxy) is 3. The zero-order valence-corrected chi connectivity index (χ0v) is 17.7. The van der Waals surface area contributed by atoms with Crippen LogP contribution in [0.5, 0.6) is 11.5 Å². The summed E-state index contributed by atoms with van der Waals surface area (Å²) >= 11 is 11.8. The maximum Gasteiger partial charge on any atom is 0.344 e. The fraction of sp³-hybridized carbons (Fsp3) is 0.190. The van der Waals surface area contributed by atoms with Gasteiger partial charge in [0.2, 0.25) is 0 Å². The van der Waals surface area contributed by atoms with E-state index in [-0.39, 0.29) is 18.8 Å². The minimum Gasteiger partial charge on any atom is -0.493 e. The van der Waals surface area contributed by atoms with Crippen LogP contribution < -0.4 is 14.8 Å². The van der Waals surface area contributed by atoms with Crippen LogP contribution in [-0.2, 0) is 14.3 Å². The fourth-order valence-electron chi connectivity index (χ4n) is 2.37. The van der Waals surface area contributed by atoms with Crippen molar-refractivity contribution in [1.82, 2.24) is 0 Å². The van der Waals surface area contributed by atoms with Crippen molar-refractivity contribution in [3.05, 3.63) is 57.6 Å². The molecule has 2 rings (SSSR count). The molecule has 0 aliphatic carbocycles. The Kier molecular flexibility index (Phi) is 8.54. The zero-order valence-electron chi connectivity index (χ0n) is 16.2. The first-order valence-corrected chi connectivity index (χ1v) is 9.47. The van der Waals surface area contributed by atoms with Gasteiger partial charge in [0.15, 0.2) is 18.1 Å². The standard InChI is InChI=1S/C21H18Cl2N2O5/c1-3-29-20(26)12-30-18-5-4-13(7-19(18)28-2)6-14(11-24)21(27)25-17-9-15(22)8-16(23)10-17/h4-10H,3,12H2,1-2H3,(H,25,27)/b14-6+. The van der Waals surface area contributed by atoms with Crippen LogP contribution in [0, 0.1) is 11.3 Å². The monoisotopic (exact) mass is 448 g/mol. The highest BCUT2D eigenvalue weighted by molar-refractivity contribution is 6.35. The summed E-state index contributed by atoms with van der Waals surface area (Å²) in [4.78, 5) is 23.9. The van der Waals surface area contributed by atoms with Gasteiger partial charge < -0.3 is 19.5 Å². The lowest BCUT2D eigenvalue weighted by Gasteiger charge is -2.11. The van der Waals surface area contributed by atoms with Crippen molar-refractivity contribution in [1.29, 1.82) is 5.26 Å². The Balaban J connectivity index is 2.18. The lowest BCUT2D eigenvalue weighted by atomic mass is 10.1. The predicted molar refractivity (Wildman–Crippen MR) is 114 cm³/mol. The average molecular weight is 449 g/mol. The number of methoxy groups -OCH3 is 1. The van der Waals surface area contributed by atoms with Gasteiger partial charge in [0, 0.05) is 15.7 Å². The van der Waals surface area contributed by atoms with Crippen LogP contribution in [-0.4, -0.2) is 32.2 Å². The number of halogens is 2. The van der Waals surface area contributed by atoms with Gasteiger partial charge in [-0.05, 0) is 48.9 Å². The Morgan fingerprint density at radius 2 is 1.83 bits per heavy atom. The number of hydrogen-bond acceptors (Lipinski definition) is 6. The number of carbonyl (C=O) groups excluding carboxylic acids is 2. The number of anilines is 1. The summed E-state index contributed by atoms with van der Waals surface area (Å²) in [5, 5.41) is 12.7. The summed E-state index contributed by atoms with van der Waals surface area (Å²) in [6, 6.07) is 11.2. The second-order valence-electron chi connectivity index (χ2n) is 5.79. The molecule has 0 spiro atoms. The van der Waals surface area contributed by atoms with Crippen molar-refractivity contribution >= 4 is 46.8 Å². The highest BCUT2D eigenvalue weighted by Gasteiger charge is 2.13. The molecule has 9 heteroatoms. The Bertz CT molecular complexity index is 995. The molecule has 0 aromatic heterocycles. The van der Waals surface area contributed by atoms with Crippen LogP contribution in [0.25, 0.3) is 6.08 Å². The molecule has 0 heterocycles. The van der Waals surface area contributed by atoms with E-state index in [9.17, 15) is 14.9 Å². The van der Waals surface area contributed by atoms with Crippen molar-refractivity contribution in [2.24, 2.45) is 0 Å². The molecule has 0 atom stereocenters. The number of carbonyl (C=O) groups is 2. The molecule has 30 heavy (non-hydrogen) atoms. The molecule has 1 N–H and O–H groups in total. The number of nitriles is 1. The van der Waals surface area contributed by atoms with E-state index >= 15 is 0 Å². The van der Waals surface area contributed by atoms with Crippen molar-refractivity contribution in [2.45, 2.75) is 6.92 Å². The van der Waals surface area contributed by atoms with Crippen molar-refractivity contribution in [2.75, 3.05) is 25.6 Å². The van der Waals surface area contributed by atoms with E-state index in [0.29, 0.717) is 32.8 Å². The minimum absolute atomic E-state index is 0.145. The van der Waals surface area contributed by atoms with Gasteiger partial charge in [0.25, 0.3) is 5.91 Å². The molecule has 0 saturated heterocycles. The summed E-state index contributed by atoms with van der Waals surface area (Å²) in [5.74, 6) is -0.489. The smallest absolute Gasteiger partial charge is 0.344 e. The second-order valence-corrected chi connectivity index (χ2v) is 6.66. The normalized spacial score (nSPS) is 10.7. The lowest BCUT2D eigenvalue weighted by molar-refractivity contribution is -0.145. The zero-order chi connectivity index (χ0) is 22.1. The molecule has 0 fully saturated rings. The van der Waals surface area contributed by atoms with Gasteiger partial charge in [-0.15, -0.1) is 0 Å². The van der Waals surface area contributed by atoms with Crippen molar-refractivity contribution in [3.8, 4) is 17.6 Å². The first kappa shape index (κ1) is 23.1. The third-order valence-corrected chi connectivity index (χ3v) is 4.07. The van der Waals surface area contributed by atoms with Gasteiger partial charge in [-0.3, -0.25) is 4.79 Å². The van der Waals surface area contributed by atoms with Crippen LogP contribution in [0.1, 0.15) is 12.5 Å². The fourth-order valence-corrected chi connectivity index (χ4v) is 2.90. The molecule has 0 bridgehead atoms. The van der Waals surface area contributed by atoms with E-state index in [4.69, 9.17) is 37.4 Å². The molecule has 7 nitrogen and oxygen atoms in total. The summed E-state index contributed by atoms with van der Waals surface area (Å²) in [7, 11) is 1.43. The van der Waals surface area contributed by atoms with Gasteiger partial charge in [0.05, 0.1) is 13.7 Å². The number of hydrogen-bond donors (Lipinski definition) is 1. The molecular weight excluding hydrogens is 431 g/mol. The minimum atomic E-state index is -0.627. The first-order chi connectivity index (χ1) is 14.4. The maximum atomic E-state index is 12.4. The van der Waals surface area contributed by atoms with E-state index in [2.05, 4.69) is 5.32 Å². The van der Waals surface area contributed by atoms with E-state index in [1.54, 1.807) is 25.1 Å². The highest BCUT2D eigenvalue weighted by atomic mass is 35.5. The van der Waals surface area contributed by atoms with Gasteiger partial charge in [0.1, 0.15) is 11.6 Å². The molecule has 0 unspecified atom stereocenters. The Hall–Kier alpha value is -3.21. The third-order valence-electron chi connectivity index (χ3n) is 3.64. The van der Waals surface area contributed by atoms with Crippen molar-refractivity contribution < 1.29 is 23.8 Å². The van der Waals surface area contributed by atoms with E-state index in [0.717, 1.165) is 0 Å². The SMILES string of the molecule is CCOC(=O)COc1ccc(/C=C(\C#N)C(=O)Nc2cc(Cl)cc(Cl)c2)cc1OC. The topological polar surface area (TPSA) is 97.7 Å². The summed E-state index contributed by atoms with van der Waals surface area (Å²) in [6.45, 7) is 1.68. The maximum absolute atomic E-state index is 12.4. The van der Waals surface area contributed by atoms with Gasteiger partial charge >= 0.3 is 5.97 Å². The number of nitrogens with zero attached hydrogens (tertiary/aromatic N) is 1. The van der Waals surface area contributed by atoms with E-state index in [1.165, 1.54) is 31.4 Å². The number of rotatable bonds is 8. The quantitative estimate of drug-likeness (QED) is 0.362. The summed E-state index contributed by atoms with van der Waals surface area (Å²) in [6.07, 6.45) is 1.39. The molecule has 156 valence electrons. The average Bonchev–Trinajstić information content (AvgIpc) is 2.70. The summed E-state index contributed by atoms with van der Waals surface area (Å²) in [5.41, 5.74) is 0.735.